The monoisotopic (exact) mass is 1040 g/mol. The van der Waals surface area contributed by atoms with Crippen LogP contribution in [0.2, 0.25) is 0 Å². The van der Waals surface area contributed by atoms with Crippen LogP contribution >= 0.6 is 15.9 Å². The van der Waals surface area contributed by atoms with Crippen LogP contribution in [-0.2, 0) is 9.47 Å². The number of rotatable bonds is 13. The Balaban J connectivity index is 0.000000179. The van der Waals surface area contributed by atoms with E-state index in [0.29, 0.717) is 56.4 Å². The van der Waals surface area contributed by atoms with Crippen LogP contribution in [-0.4, -0.2) is 48.8 Å². The van der Waals surface area contributed by atoms with E-state index in [-0.39, 0.29) is 34.6 Å². The second-order valence-electron chi connectivity index (χ2n) is 15.7. The molecule has 0 radical (unpaired) electrons. The zero-order valence-corrected chi connectivity index (χ0v) is 40.6. The van der Waals surface area contributed by atoms with Crippen LogP contribution in [0.25, 0.3) is 22.3 Å². The van der Waals surface area contributed by atoms with Gasteiger partial charge in [-0.15, -0.1) is 0 Å². The summed E-state index contributed by atoms with van der Waals surface area (Å²) in [6.45, 7) is 3.02. The van der Waals surface area contributed by atoms with E-state index in [1.54, 1.807) is 84.9 Å². The fraction of sp³-hybridized carbons (Fsp3) is 0.0702. The number of hydrogen-bond donors (Lipinski definition) is 4. The Labute approximate surface area is 421 Å². The minimum Gasteiger partial charge on any atom is -0.478 e. The fourth-order valence-corrected chi connectivity index (χ4v) is 7.26. The van der Waals surface area contributed by atoms with Crippen LogP contribution in [0.5, 0.6) is 0 Å². The van der Waals surface area contributed by atoms with Crippen molar-refractivity contribution >= 4 is 79.5 Å². The fourth-order valence-electron chi connectivity index (χ4n) is 6.90. The summed E-state index contributed by atoms with van der Waals surface area (Å²) in [6.07, 6.45) is 0. The Bertz CT molecular complexity index is 3220. The van der Waals surface area contributed by atoms with E-state index in [9.17, 15) is 42.3 Å². The highest BCUT2D eigenvalue weighted by molar-refractivity contribution is 9.10. The van der Waals surface area contributed by atoms with Crippen LogP contribution in [0, 0.1) is 17.5 Å². The molecule has 0 saturated carbocycles. The molecule has 0 bridgehead atoms. The number of methoxy groups -OCH3 is 2. The number of nitrogens with one attached hydrogen (secondary N) is 3. The summed E-state index contributed by atoms with van der Waals surface area (Å²) >= 11 is 3.34. The number of anilines is 6. The number of Topliss-reactive ketones (excluding diaryl/α,β-unsaturated/α-hetero) is 2. The van der Waals surface area contributed by atoms with Gasteiger partial charge in [0.15, 0.2) is 11.6 Å². The first-order valence-corrected chi connectivity index (χ1v) is 22.6. The molecule has 8 aromatic carbocycles. The van der Waals surface area contributed by atoms with Crippen molar-refractivity contribution in [1.82, 2.24) is 0 Å². The highest BCUT2D eigenvalue weighted by Crippen LogP contribution is 2.31. The van der Waals surface area contributed by atoms with Gasteiger partial charge in [-0.2, -0.15) is 0 Å². The minimum atomic E-state index is -1.06. The van der Waals surface area contributed by atoms with E-state index in [2.05, 4.69) is 31.9 Å². The lowest BCUT2D eigenvalue weighted by atomic mass is 10.00. The first-order valence-electron chi connectivity index (χ1n) is 21.8. The molecule has 0 heterocycles. The van der Waals surface area contributed by atoms with Gasteiger partial charge in [-0.1, -0.05) is 76.6 Å². The largest absolute Gasteiger partial charge is 0.478 e. The Morgan fingerprint density at radius 3 is 1.06 bits per heavy atom. The third-order valence-electron chi connectivity index (χ3n) is 10.7. The molecule has 0 fully saturated rings. The molecule has 8 aromatic rings. The summed E-state index contributed by atoms with van der Waals surface area (Å²) in [6, 6.07) is 47.1. The van der Waals surface area contributed by atoms with Crippen LogP contribution in [0.3, 0.4) is 0 Å². The zero-order valence-electron chi connectivity index (χ0n) is 39.1. The van der Waals surface area contributed by atoms with Crippen molar-refractivity contribution in [2.45, 2.75) is 13.8 Å². The molecular formula is C57H45BrF3N3O8. The standard InChI is InChI=1S/C22H18FNO3.C21H16FNO3.C14H11BrFNO2/c1-14(25)15-3-5-16(6-4-15)17-7-12-20(22(26)27-2)21(13-17)24-19-10-8-18(23)9-11-19;1-13(24)14-2-4-15(5-3-14)16-6-11-19(21(25)26)20(12-16)23-18-9-7-17(22)8-10-18;1-19-14(18)12-7-2-9(15)8-13(12)17-11-5-3-10(16)4-6-11/h3-13,24H,1-2H3;2-12,23H,1H3,(H,25,26);2-8,17H,1H3. The number of carboxylic acids is 1. The van der Waals surface area contributed by atoms with Crippen molar-refractivity contribution in [3.63, 3.8) is 0 Å². The first kappa shape index (κ1) is 52.5. The van der Waals surface area contributed by atoms with E-state index < -0.39 is 17.9 Å². The maximum Gasteiger partial charge on any atom is 0.339 e. The molecule has 0 amide bonds. The maximum atomic E-state index is 13.1. The molecule has 0 aromatic heterocycles. The SMILES string of the molecule is CC(=O)c1ccc(-c2ccc(C(=O)O)c(Nc3ccc(F)cc3)c2)cc1.COC(=O)c1ccc(-c2ccc(C(C)=O)cc2)cc1Nc1ccc(F)cc1.COC(=O)c1ccc(Br)cc1Nc1ccc(F)cc1. The highest BCUT2D eigenvalue weighted by atomic mass is 79.9. The number of halogens is 4. The smallest absolute Gasteiger partial charge is 0.339 e. The van der Waals surface area contributed by atoms with Crippen molar-refractivity contribution < 1.29 is 51.7 Å². The minimum absolute atomic E-state index is 0.00116. The number of hydrogen-bond acceptors (Lipinski definition) is 10. The van der Waals surface area contributed by atoms with Gasteiger partial charge in [0.05, 0.1) is 48.0 Å². The Morgan fingerprint density at radius 2 is 0.722 bits per heavy atom. The molecule has 15 heteroatoms. The third-order valence-corrected chi connectivity index (χ3v) is 11.2. The third kappa shape index (κ3) is 14.4. The van der Waals surface area contributed by atoms with Gasteiger partial charge in [0.1, 0.15) is 17.5 Å². The molecule has 364 valence electrons. The van der Waals surface area contributed by atoms with Crippen LogP contribution < -0.4 is 16.0 Å². The van der Waals surface area contributed by atoms with E-state index >= 15 is 0 Å². The molecule has 0 unspecified atom stereocenters. The zero-order chi connectivity index (χ0) is 51.9. The Morgan fingerprint density at radius 1 is 0.417 bits per heavy atom. The number of carbonyl (C=O) groups excluding carboxylic acids is 4. The molecule has 0 spiro atoms. The van der Waals surface area contributed by atoms with Crippen LogP contribution in [0.1, 0.15) is 65.6 Å². The lowest BCUT2D eigenvalue weighted by Gasteiger charge is -2.13. The molecule has 0 saturated heterocycles. The summed E-state index contributed by atoms with van der Waals surface area (Å²) < 4.78 is 49.4. The Hall–Kier alpha value is -8.82. The molecule has 0 aliphatic rings. The normalized spacial score (nSPS) is 10.3. The van der Waals surface area contributed by atoms with Crippen molar-refractivity contribution in [3.05, 3.63) is 226 Å². The van der Waals surface area contributed by atoms with Crippen LogP contribution in [0.15, 0.2) is 180 Å². The first-order chi connectivity index (χ1) is 34.5. The number of aromatic carboxylic acids is 1. The van der Waals surface area contributed by atoms with Gasteiger partial charge < -0.3 is 30.5 Å². The molecule has 0 atom stereocenters. The molecule has 11 nitrogen and oxygen atoms in total. The van der Waals surface area contributed by atoms with Crippen molar-refractivity contribution in [2.75, 3.05) is 30.2 Å². The maximum absolute atomic E-state index is 13.1. The van der Waals surface area contributed by atoms with Gasteiger partial charge in [0.25, 0.3) is 0 Å². The van der Waals surface area contributed by atoms with Crippen molar-refractivity contribution in [1.29, 1.82) is 0 Å². The number of ether oxygens (including phenoxy) is 2. The molecule has 8 rings (SSSR count). The van der Waals surface area contributed by atoms with E-state index in [1.165, 1.54) is 82.7 Å². The number of esters is 2. The summed E-state index contributed by atoms with van der Waals surface area (Å²) in [5, 5.41) is 18.6. The summed E-state index contributed by atoms with van der Waals surface area (Å²) in [5.41, 5.74) is 9.00. The number of carboxylic acid groups (broad SMARTS) is 1. The van der Waals surface area contributed by atoms with Gasteiger partial charge in [-0.3, -0.25) is 9.59 Å². The van der Waals surface area contributed by atoms with Crippen LogP contribution in [0.4, 0.5) is 47.3 Å². The molecule has 72 heavy (non-hydrogen) atoms. The van der Waals surface area contributed by atoms with Crippen molar-refractivity contribution in [3.8, 4) is 22.3 Å². The van der Waals surface area contributed by atoms with Gasteiger partial charge in [-0.25, -0.2) is 27.6 Å². The average molecular weight is 1040 g/mol. The number of benzene rings is 8. The average Bonchev–Trinajstić information content (AvgIpc) is 3.38. The quantitative estimate of drug-likeness (QED) is 0.0643. The predicted molar refractivity (Wildman–Crippen MR) is 277 cm³/mol. The second kappa shape index (κ2) is 24.6. The summed E-state index contributed by atoms with van der Waals surface area (Å²) in [5.74, 6) is -3.00. The number of carbonyl (C=O) groups is 5. The van der Waals surface area contributed by atoms with Crippen molar-refractivity contribution in [2.24, 2.45) is 0 Å². The molecule has 0 aliphatic carbocycles. The summed E-state index contributed by atoms with van der Waals surface area (Å²) in [7, 11) is 2.64. The topological polar surface area (TPSA) is 160 Å². The lowest BCUT2D eigenvalue weighted by Crippen LogP contribution is -2.06. The number of ketones is 2. The van der Waals surface area contributed by atoms with E-state index in [1.807, 2.05) is 36.4 Å². The highest BCUT2D eigenvalue weighted by Gasteiger charge is 2.16. The van der Waals surface area contributed by atoms with Gasteiger partial charge >= 0.3 is 17.9 Å². The molecule has 0 aliphatic heterocycles. The second-order valence-corrected chi connectivity index (χ2v) is 16.6. The molecule has 4 N–H and O–H groups in total. The lowest BCUT2D eigenvalue weighted by molar-refractivity contribution is 0.0593. The predicted octanol–water partition coefficient (Wildman–Crippen LogP) is 14.5. The van der Waals surface area contributed by atoms with Gasteiger partial charge in [0.2, 0.25) is 0 Å². The summed E-state index contributed by atoms with van der Waals surface area (Å²) in [4.78, 5) is 58.1. The van der Waals surface area contributed by atoms with Gasteiger partial charge in [-0.05, 0) is 151 Å². The van der Waals surface area contributed by atoms with E-state index in [4.69, 9.17) is 9.47 Å². The molecular weight excluding hydrogens is 992 g/mol. The van der Waals surface area contributed by atoms with E-state index in [0.717, 1.165) is 26.7 Å². The Kier molecular flexibility index (Phi) is 18.0. The van der Waals surface area contributed by atoms with Gasteiger partial charge in [0, 0.05) is 32.7 Å².